The van der Waals surface area contributed by atoms with E-state index in [0.717, 1.165) is 0 Å². The van der Waals surface area contributed by atoms with Crippen molar-refractivity contribution in [2.45, 2.75) is 4.90 Å². The molecule has 6 nitrogen and oxygen atoms in total. The van der Waals surface area contributed by atoms with E-state index in [1.54, 1.807) is 6.07 Å². The van der Waals surface area contributed by atoms with Gasteiger partial charge in [0.1, 0.15) is 0 Å². The number of sulfonamides is 1. The Bertz CT molecular complexity index is 857. The maximum atomic E-state index is 12.6. The number of benzene rings is 2. The van der Waals surface area contributed by atoms with Crippen molar-refractivity contribution in [3.05, 3.63) is 39.8 Å². The molecule has 0 aliphatic heterocycles. The van der Waals surface area contributed by atoms with Crippen molar-refractivity contribution in [3.63, 3.8) is 0 Å². The Labute approximate surface area is 153 Å². The molecule has 0 unspecified atom stereocenters. The number of methoxy groups -OCH3 is 3. The number of hydrogen-bond acceptors (Lipinski definition) is 5. The number of ether oxygens (including phenoxy) is 3. The summed E-state index contributed by atoms with van der Waals surface area (Å²) in [5.41, 5.74) is 0.214. The summed E-state index contributed by atoms with van der Waals surface area (Å²) in [7, 11) is 0.451. The third-order valence-electron chi connectivity index (χ3n) is 3.12. The van der Waals surface area contributed by atoms with Gasteiger partial charge >= 0.3 is 0 Å². The van der Waals surface area contributed by atoms with Crippen molar-refractivity contribution in [2.24, 2.45) is 0 Å². The molecule has 2 rings (SSSR count). The maximum Gasteiger partial charge on any atom is 0.262 e. The van der Waals surface area contributed by atoms with Crippen LogP contribution in [0, 0.1) is 0 Å². The van der Waals surface area contributed by atoms with E-state index < -0.39 is 10.0 Å². The van der Waals surface area contributed by atoms with Gasteiger partial charge in [-0.25, -0.2) is 8.42 Å². The minimum Gasteiger partial charge on any atom is -0.493 e. The molecular formula is C15H15BrClNO5S. The van der Waals surface area contributed by atoms with E-state index >= 15 is 0 Å². The smallest absolute Gasteiger partial charge is 0.262 e. The molecule has 0 aliphatic carbocycles. The Morgan fingerprint density at radius 2 is 1.67 bits per heavy atom. The average molecular weight is 437 g/mol. The Balaban J connectivity index is 2.46. The molecule has 1 N–H and O–H groups in total. The second-order valence-corrected chi connectivity index (χ2v) is 7.56. The SMILES string of the molecule is COc1ccc(S(=O)(=O)Nc2cc(Cl)cc(Br)c2OC)cc1OC. The van der Waals surface area contributed by atoms with Gasteiger partial charge in [-0.3, -0.25) is 4.72 Å². The van der Waals surface area contributed by atoms with Gasteiger partial charge in [-0.05, 0) is 40.2 Å². The molecular weight excluding hydrogens is 422 g/mol. The lowest BCUT2D eigenvalue weighted by atomic mass is 10.3. The van der Waals surface area contributed by atoms with Crippen LogP contribution in [-0.2, 0) is 10.0 Å². The first-order valence-electron chi connectivity index (χ1n) is 6.60. The van der Waals surface area contributed by atoms with Gasteiger partial charge in [0.25, 0.3) is 10.0 Å². The van der Waals surface area contributed by atoms with Crippen molar-refractivity contribution in [2.75, 3.05) is 26.1 Å². The molecule has 0 atom stereocenters. The number of halogens is 2. The van der Waals surface area contributed by atoms with E-state index in [1.165, 1.54) is 45.6 Å². The molecule has 0 radical (unpaired) electrons. The molecule has 130 valence electrons. The summed E-state index contributed by atoms with van der Waals surface area (Å²) >= 11 is 9.27. The first-order chi connectivity index (χ1) is 11.3. The summed E-state index contributed by atoms with van der Waals surface area (Å²) in [5, 5.41) is 0.354. The average Bonchev–Trinajstić information content (AvgIpc) is 2.53. The van der Waals surface area contributed by atoms with Crippen molar-refractivity contribution in [3.8, 4) is 17.2 Å². The van der Waals surface area contributed by atoms with Crippen LogP contribution in [0.25, 0.3) is 0 Å². The minimum absolute atomic E-state index is 0.0123. The molecule has 0 saturated carbocycles. The zero-order valence-corrected chi connectivity index (χ0v) is 16.3. The predicted molar refractivity (Wildman–Crippen MR) is 96.1 cm³/mol. The Hall–Kier alpha value is -1.64. The van der Waals surface area contributed by atoms with Crippen LogP contribution in [0.5, 0.6) is 17.2 Å². The van der Waals surface area contributed by atoms with Crippen molar-refractivity contribution in [1.29, 1.82) is 0 Å². The second kappa shape index (κ2) is 7.50. The lowest BCUT2D eigenvalue weighted by Crippen LogP contribution is -2.14. The van der Waals surface area contributed by atoms with E-state index in [2.05, 4.69) is 20.7 Å². The fourth-order valence-corrected chi connectivity index (χ4v) is 4.07. The topological polar surface area (TPSA) is 73.9 Å². The van der Waals surface area contributed by atoms with Crippen LogP contribution in [0.2, 0.25) is 5.02 Å². The second-order valence-electron chi connectivity index (χ2n) is 4.59. The van der Waals surface area contributed by atoms with Crippen LogP contribution < -0.4 is 18.9 Å². The zero-order valence-electron chi connectivity index (χ0n) is 13.1. The van der Waals surface area contributed by atoms with E-state index in [4.69, 9.17) is 25.8 Å². The lowest BCUT2D eigenvalue weighted by molar-refractivity contribution is 0.354. The third kappa shape index (κ3) is 3.88. The molecule has 9 heteroatoms. The van der Waals surface area contributed by atoms with Crippen molar-refractivity contribution >= 4 is 43.2 Å². The highest BCUT2D eigenvalue weighted by Gasteiger charge is 2.20. The van der Waals surface area contributed by atoms with Gasteiger partial charge in [-0.1, -0.05) is 11.6 Å². The van der Waals surface area contributed by atoms with Crippen molar-refractivity contribution in [1.82, 2.24) is 0 Å². The lowest BCUT2D eigenvalue weighted by Gasteiger charge is -2.15. The normalized spacial score (nSPS) is 11.0. The highest BCUT2D eigenvalue weighted by Crippen LogP contribution is 2.38. The summed E-state index contributed by atoms with van der Waals surface area (Å²) in [5.74, 6) is 1.06. The monoisotopic (exact) mass is 435 g/mol. The first-order valence-corrected chi connectivity index (χ1v) is 9.25. The Morgan fingerprint density at radius 1 is 1.00 bits per heavy atom. The summed E-state index contributed by atoms with van der Waals surface area (Å²) < 4.78 is 43.7. The van der Waals surface area contributed by atoms with Crippen molar-refractivity contribution < 1.29 is 22.6 Å². The molecule has 0 heterocycles. The fraction of sp³-hybridized carbons (Fsp3) is 0.200. The molecule has 0 aliphatic rings. The predicted octanol–water partition coefficient (Wildman–Crippen LogP) is 3.93. The van der Waals surface area contributed by atoms with Gasteiger partial charge in [0, 0.05) is 11.1 Å². The number of hydrogen-bond donors (Lipinski definition) is 1. The molecule has 0 fully saturated rings. The molecule has 0 spiro atoms. The summed E-state index contributed by atoms with van der Waals surface area (Å²) in [6.45, 7) is 0. The largest absolute Gasteiger partial charge is 0.493 e. The van der Waals surface area contributed by atoms with Crippen LogP contribution >= 0.6 is 27.5 Å². The summed E-state index contributed by atoms with van der Waals surface area (Å²) in [6.07, 6.45) is 0. The van der Waals surface area contributed by atoms with Gasteiger partial charge in [-0.15, -0.1) is 0 Å². The molecule has 24 heavy (non-hydrogen) atoms. The maximum absolute atomic E-state index is 12.6. The minimum atomic E-state index is -3.88. The molecule has 0 aromatic heterocycles. The molecule has 2 aromatic carbocycles. The van der Waals surface area contributed by atoms with Gasteiger partial charge in [0.05, 0.1) is 36.4 Å². The third-order valence-corrected chi connectivity index (χ3v) is 5.29. The molecule has 0 saturated heterocycles. The highest BCUT2D eigenvalue weighted by atomic mass is 79.9. The highest BCUT2D eigenvalue weighted by molar-refractivity contribution is 9.10. The van der Waals surface area contributed by atoms with Gasteiger partial charge < -0.3 is 14.2 Å². The molecule has 2 aromatic rings. The summed E-state index contributed by atoms with van der Waals surface area (Å²) in [6, 6.07) is 7.36. The number of anilines is 1. The zero-order chi connectivity index (χ0) is 17.9. The Kier molecular flexibility index (Phi) is 5.84. The molecule has 0 bridgehead atoms. The van der Waals surface area contributed by atoms with Gasteiger partial charge in [0.15, 0.2) is 17.2 Å². The standard InChI is InChI=1S/C15H15BrClNO5S/c1-21-13-5-4-10(8-14(13)22-2)24(19,20)18-12-7-9(17)6-11(16)15(12)23-3/h4-8,18H,1-3H3. The van der Waals surface area contributed by atoms with Crippen LogP contribution in [0.4, 0.5) is 5.69 Å². The first kappa shape index (κ1) is 18.7. The number of rotatable bonds is 6. The van der Waals surface area contributed by atoms with Gasteiger partial charge in [-0.2, -0.15) is 0 Å². The van der Waals surface area contributed by atoms with Gasteiger partial charge in [0.2, 0.25) is 0 Å². The summed E-state index contributed by atoms with van der Waals surface area (Å²) in [4.78, 5) is 0.0123. The van der Waals surface area contributed by atoms with Crippen LogP contribution in [0.15, 0.2) is 39.7 Å². The van der Waals surface area contributed by atoms with E-state index in [0.29, 0.717) is 26.7 Å². The number of nitrogens with one attached hydrogen (secondary N) is 1. The van der Waals surface area contributed by atoms with E-state index in [-0.39, 0.29) is 10.6 Å². The van der Waals surface area contributed by atoms with E-state index in [1.807, 2.05) is 0 Å². The van der Waals surface area contributed by atoms with Crippen LogP contribution in [0.3, 0.4) is 0 Å². The van der Waals surface area contributed by atoms with Crippen LogP contribution in [-0.4, -0.2) is 29.7 Å². The fourth-order valence-electron chi connectivity index (χ4n) is 2.03. The van der Waals surface area contributed by atoms with Crippen LogP contribution in [0.1, 0.15) is 0 Å². The van der Waals surface area contributed by atoms with E-state index in [9.17, 15) is 8.42 Å². The quantitative estimate of drug-likeness (QED) is 0.743. The molecule has 0 amide bonds. The Morgan fingerprint density at radius 3 is 2.25 bits per heavy atom.